The van der Waals surface area contributed by atoms with Crippen molar-refractivity contribution in [1.82, 2.24) is 19.7 Å². The normalized spacial score (nSPS) is 11.1. The zero-order chi connectivity index (χ0) is 25.1. The van der Waals surface area contributed by atoms with Crippen molar-refractivity contribution >= 4 is 22.7 Å². The fourth-order valence-corrected chi connectivity index (χ4v) is 4.54. The van der Waals surface area contributed by atoms with Gasteiger partial charge in [0.05, 0.1) is 37.4 Å². The molecule has 0 fully saturated rings. The summed E-state index contributed by atoms with van der Waals surface area (Å²) in [6, 6.07) is 18.6. The SMILES string of the molecule is COc1ccc(-c2noc(CSc3nc4ccccc4c(=O)n3Cc3ccc(F)cc3)n2)cc1OC. The van der Waals surface area contributed by atoms with Crippen LogP contribution in [0.25, 0.3) is 22.3 Å². The first kappa shape index (κ1) is 23.6. The third kappa shape index (κ3) is 4.80. The molecule has 0 saturated carbocycles. The molecule has 0 spiro atoms. The molecule has 182 valence electrons. The first-order valence-electron chi connectivity index (χ1n) is 11.0. The van der Waals surface area contributed by atoms with Gasteiger partial charge >= 0.3 is 0 Å². The van der Waals surface area contributed by atoms with Gasteiger partial charge in [0.1, 0.15) is 5.82 Å². The maximum absolute atomic E-state index is 13.4. The molecular weight excluding hydrogens is 483 g/mol. The minimum absolute atomic E-state index is 0.177. The fourth-order valence-electron chi connectivity index (χ4n) is 3.70. The molecule has 0 amide bonds. The zero-order valence-electron chi connectivity index (χ0n) is 19.5. The van der Waals surface area contributed by atoms with Gasteiger partial charge in [-0.3, -0.25) is 9.36 Å². The molecule has 8 nitrogen and oxygen atoms in total. The number of halogens is 1. The molecule has 10 heteroatoms. The Morgan fingerprint density at radius 3 is 2.53 bits per heavy atom. The predicted molar refractivity (Wildman–Crippen MR) is 134 cm³/mol. The lowest BCUT2D eigenvalue weighted by Gasteiger charge is -2.12. The molecule has 0 unspecified atom stereocenters. The van der Waals surface area contributed by atoms with E-state index in [0.717, 1.165) is 5.56 Å². The Morgan fingerprint density at radius 1 is 0.972 bits per heavy atom. The number of methoxy groups -OCH3 is 2. The molecule has 0 bridgehead atoms. The largest absolute Gasteiger partial charge is 0.493 e. The van der Waals surface area contributed by atoms with Crippen LogP contribution >= 0.6 is 11.8 Å². The van der Waals surface area contributed by atoms with Gasteiger partial charge in [-0.05, 0) is 48.0 Å². The average molecular weight is 505 g/mol. The van der Waals surface area contributed by atoms with Crippen LogP contribution in [0.3, 0.4) is 0 Å². The van der Waals surface area contributed by atoms with Crippen LogP contribution in [0.2, 0.25) is 0 Å². The summed E-state index contributed by atoms with van der Waals surface area (Å²) in [5.74, 6) is 1.90. The molecular formula is C26H21FN4O4S. The second kappa shape index (κ2) is 10.2. The quantitative estimate of drug-likeness (QED) is 0.217. The number of hydrogen-bond donors (Lipinski definition) is 0. The third-order valence-electron chi connectivity index (χ3n) is 5.52. The van der Waals surface area contributed by atoms with E-state index in [9.17, 15) is 9.18 Å². The fraction of sp³-hybridized carbons (Fsp3) is 0.154. The second-order valence-electron chi connectivity index (χ2n) is 7.80. The Morgan fingerprint density at radius 2 is 1.75 bits per heavy atom. The minimum Gasteiger partial charge on any atom is -0.493 e. The second-order valence-corrected chi connectivity index (χ2v) is 8.74. The maximum atomic E-state index is 13.4. The lowest BCUT2D eigenvalue weighted by molar-refractivity contribution is 0.355. The lowest BCUT2D eigenvalue weighted by atomic mass is 10.2. The van der Waals surface area contributed by atoms with Gasteiger partial charge in [-0.1, -0.05) is 41.2 Å². The van der Waals surface area contributed by atoms with E-state index in [2.05, 4.69) is 10.1 Å². The smallest absolute Gasteiger partial charge is 0.262 e. The summed E-state index contributed by atoms with van der Waals surface area (Å²) in [4.78, 5) is 22.5. The van der Waals surface area contributed by atoms with Gasteiger partial charge in [0.15, 0.2) is 16.7 Å². The topological polar surface area (TPSA) is 92.3 Å². The van der Waals surface area contributed by atoms with Crippen LogP contribution < -0.4 is 15.0 Å². The van der Waals surface area contributed by atoms with Crippen molar-refractivity contribution in [2.24, 2.45) is 0 Å². The summed E-state index contributed by atoms with van der Waals surface area (Å²) in [6.45, 7) is 0.250. The molecule has 36 heavy (non-hydrogen) atoms. The Kier molecular flexibility index (Phi) is 6.68. The highest BCUT2D eigenvalue weighted by Gasteiger charge is 2.16. The number of nitrogens with zero attached hydrogens (tertiary/aromatic N) is 4. The molecule has 0 saturated heterocycles. The Hall–Kier alpha value is -4.18. The summed E-state index contributed by atoms with van der Waals surface area (Å²) in [5.41, 5.74) is 1.91. The summed E-state index contributed by atoms with van der Waals surface area (Å²) in [5, 5.41) is 5.08. The summed E-state index contributed by atoms with van der Waals surface area (Å²) in [6.07, 6.45) is 0. The molecule has 0 radical (unpaired) electrons. The number of thioether (sulfide) groups is 1. The van der Waals surface area contributed by atoms with E-state index in [-0.39, 0.29) is 17.9 Å². The summed E-state index contributed by atoms with van der Waals surface area (Å²) < 4.78 is 31.0. The summed E-state index contributed by atoms with van der Waals surface area (Å²) >= 11 is 1.31. The van der Waals surface area contributed by atoms with E-state index in [1.807, 2.05) is 12.1 Å². The number of para-hydroxylation sites is 1. The monoisotopic (exact) mass is 504 g/mol. The summed E-state index contributed by atoms with van der Waals surface area (Å²) in [7, 11) is 3.12. The molecule has 0 N–H and O–H groups in total. The van der Waals surface area contributed by atoms with E-state index in [4.69, 9.17) is 19.0 Å². The van der Waals surface area contributed by atoms with Gasteiger partial charge in [0.25, 0.3) is 5.56 Å². The van der Waals surface area contributed by atoms with Gasteiger partial charge in [-0.15, -0.1) is 0 Å². The Labute approximate surface area is 209 Å². The van der Waals surface area contributed by atoms with Crippen LogP contribution in [-0.2, 0) is 12.3 Å². The van der Waals surface area contributed by atoms with Crippen molar-refractivity contribution in [2.45, 2.75) is 17.5 Å². The molecule has 0 atom stereocenters. The third-order valence-corrected chi connectivity index (χ3v) is 6.48. The average Bonchev–Trinajstić information content (AvgIpc) is 3.39. The van der Waals surface area contributed by atoms with E-state index in [1.54, 1.807) is 61.3 Å². The molecule has 5 rings (SSSR count). The predicted octanol–water partition coefficient (Wildman–Crippen LogP) is 4.94. The van der Waals surface area contributed by atoms with Crippen LogP contribution in [-0.4, -0.2) is 33.9 Å². The van der Waals surface area contributed by atoms with Gasteiger partial charge in [0.2, 0.25) is 11.7 Å². The molecule has 5 aromatic rings. The Balaban J connectivity index is 1.43. The highest BCUT2D eigenvalue weighted by Crippen LogP contribution is 2.31. The highest BCUT2D eigenvalue weighted by molar-refractivity contribution is 7.98. The molecule has 3 aromatic carbocycles. The van der Waals surface area contributed by atoms with Crippen molar-refractivity contribution in [1.29, 1.82) is 0 Å². The number of aromatic nitrogens is 4. The van der Waals surface area contributed by atoms with Crippen molar-refractivity contribution in [3.05, 3.63) is 94.4 Å². The number of rotatable bonds is 8. The first-order chi connectivity index (χ1) is 17.6. The van der Waals surface area contributed by atoms with Gasteiger partial charge < -0.3 is 14.0 Å². The van der Waals surface area contributed by atoms with Crippen molar-refractivity contribution in [2.75, 3.05) is 14.2 Å². The van der Waals surface area contributed by atoms with Crippen molar-refractivity contribution in [3.8, 4) is 22.9 Å². The molecule has 2 heterocycles. The lowest BCUT2D eigenvalue weighted by Crippen LogP contribution is -2.24. The van der Waals surface area contributed by atoms with E-state index >= 15 is 0 Å². The standard InChI is InChI=1S/C26H21FN4O4S/c1-33-21-12-9-17(13-22(21)34-2)24-29-23(35-30-24)15-36-26-28-20-6-4-3-5-19(20)25(32)31(26)14-16-7-10-18(27)11-8-16/h3-13H,14-15H2,1-2H3. The minimum atomic E-state index is -0.334. The van der Waals surface area contributed by atoms with Crippen LogP contribution in [0.4, 0.5) is 4.39 Å². The van der Waals surface area contributed by atoms with E-state index < -0.39 is 0 Å². The molecule has 2 aromatic heterocycles. The maximum Gasteiger partial charge on any atom is 0.262 e. The molecule has 0 aliphatic rings. The molecule has 0 aliphatic carbocycles. The number of benzene rings is 3. The van der Waals surface area contributed by atoms with Crippen LogP contribution in [0.15, 0.2) is 81.2 Å². The first-order valence-corrected chi connectivity index (χ1v) is 12.0. The van der Waals surface area contributed by atoms with Gasteiger partial charge in [-0.2, -0.15) is 4.98 Å². The number of hydrogen-bond acceptors (Lipinski definition) is 8. The highest BCUT2D eigenvalue weighted by atomic mass is 32.2. The van der Waals surface area contributed by atoms with Crippen molar-refractivity contribution in [3.63, 3.8) is 0 Å². The number of fused-ring (bicyclic) bond motifs is 1. The number of ether oxygens (including phenoxy) is 2. The van der Waals surface area contributed by atoms with Crippen LogP contribution in [0.1, 0.15) is 11.5 Å². The van der Waals surface area contributed by atoms with Gasteiger partial charge in [0, 0.05) is 5.56 Å². The van der Waals surface area contributed by atoms with Crippen LogP contribution in [0, 0.1) is 5.82 Å². The van der Waals surface area contributed by atoms with E-state index in [1.165, 1.54) is 23.9 Å². The van der Waals surface area contributed by atoms with E-state index in [0.29, 0.717) is 50.6 Å². The molecule has 0 aliphatic heterocycles. The van der Waals surface area contributed by atoms with Crippen LogP contribution in [0.5, 0.6) is 11.5 Å². The zero-order valence-corrected chi connectivity index (χ0v) is 20.3. The van der Waals surface area contributed by atoms with Crippen molar-refractivity contribution < 1.29 is 18.4 Å². The van der Waals surface area contributed by atoms with Gasteiger partial charge in [-0.25, -0.2) is 9.37 Å². The Bertz CT molecular complexity index is 1580.